The molecule has 0 spiro atoms. The van der Waals surface area contributed by atoms with E-state index in [1.54, 1.807) is 23.3 Å². The lowest BCUT2D eigenvalue weighted by atomic mass is 10.1. The molecule has 2 rings (SSSR count). The fourth-order valence-corrected chi connectivity index (χ4v) is 1.34. The van der Waals surface area contributed by atoms with Crippen LogP contribution in [0.3, 0.4) is 0 Å². The Bertz CT molecular complexity index is 495. The molecular formula is C10H9N5. The number of aromatic nitrogens is 4. The first kappa shape index (κ1) is 9.34. The van der Waals surface area contributed by atoms with E-state index in [9.17, 15) is 0 Å². The number of pyridine rings is 1. The van der Waals surface area contributed by atoms with Crippen LogP contribution in [0.25, 0.3) is 0 Å². The second kappa shape index (κ2) is 3.88. The first-order valence-corrected chi connectivity index (χ1v) is 4.49. The molecule has 0 aliphatic carbocycles. The molecule has 5 heteroatoms. The van der Waals surface area contributed by atoms with Gasteiger partial charge in [0.2, 0.25) is 0 Å². The smallest absolute Gasteiger partial charge is 0.145 e. The van der Waals surface area contributed by atoms with Crippen LogP contribution in [0.4, 0.5) is 0 Å². The number of nitriles is 1. The molecule has 0 saturated carbocycles. The minimum atomic E-state index is 0.441. The fourth-order valence-electron chi connectivity index (χ4n) is 1.34. The molecular weight excluding hydrogens is 190 g/mol. The molecule has 5 nitrogen and oxygen atoms in total. The van der Waals surface area contributed by atoms with Crippen LogP contribution in [0.1, 0.15) is 16.8 Å². The van der Waals surface area contributed by atoms with Crippen LogP contribution < -0.4 is 0 Å². The Labute approximate surface area is 87.0 Å². The van der Waals surface area contributed by atoms with E-state index in [2.05, 4.69) is 21.4 Å². The van der Waals surface area contributed by atoms with Gasteiger partial charge in [-0.2, -0.15) is 5.26 Å². The van der Waals surface area contributed by atoms with Crippen molar-refractivity contribution < 1.29 is 0 Å². The van der Waals surface area contributed by atoms with E-state index in [4.69, 9.17) is 5.26 Å². The van der Waals surface area contributed by atoms with Crippen LogP contribution in [0.15, 0.2) is 24.7 Å². The normalized spacial score (nSPS) is 9.87. The Morgan fingerprint density at radius 2 is 2.40 bits per heavy atom. The van der Waals surface area contributed by atoms with E-state index in [-0.39, 0.29) is 0 Å². The van der Waals surface area contributed by atoms with Crippen LogP contribution in [0, 0.1) is 18.3 Å². The van der Waals surface area contributed by atoms with Gasteiger partial charge in [0.1, 0.15) is 11.8 Å². The molecule has 0 atom stereocenters. The third kappa shape index (κ3) is 1.99. The van der Waals surface area contributed by atoms with E-state index in [1.807, 2.05) is 13.0 Å². The summed E-state index contributed by atoms with van der Waals surface area (Å²) in [5.41, 5.74) is 2.34. The van der Waals surface area contributed by atoms with Crippen molar-refractivity contribution in [1.29, 1.82) is 5.26 Å². The van der Waals surface area contributed by atoms with Crippen molar-refractivity contribution in [2.45, 2.75) is 13.5 Å². The maximum Gasteiger partial charge on any atom is 0.145 e. The van der Waals surface area contributed by atoms with E-state index in [0.29, 0.717) is 12.2 Å². The predicted octanol–water partition coefficient (Wildman–Crippen LogP) is 0.901. The minimum Gasteiger partial charge on any atom is -0.248 e. The first-order valence-electron chi connectivity index (χ1n) is 4.49. The zero-order valence-corrected chi connectivity index (χ0v) is 8.25. The molecule has 2 aromatic heterocycles. The molecule has 2 heterocycles. The third-order valence-corrected chi connectivity index (χ3v) is 2.01. The Hall–Kier alpha value is -2.22. The Morgan fingerprint density at radius 1 is 1.53 bits per heavy atom. The van der Waals surface area contributed by atoms with Gasteiger partial charge in [-0.25, -0.2) is 9.67 Å². The number of aryl methyl sites for hydroxylation is 1. The standard InChI is InChI=1S/C10H9N5/c1-8-4-9(10(5-11)12-6-8)7-15-3-2-13-14-15/h2-4,6H,7H2,1H3. The molecule has 0 aliphatic rings. The van der Waals surface area contributed by atoms with Gasteiger partial charge in [0.25, 0.3) is 0 Å². The summed E-state index contributed by atoms with van der Waals surface area (Å²) in [4.78, 5) is 4.05. The van der Waals surface area contributed by atoms with Gasteiger partial charge < -0.3 is 0 Å². The van der Waals surface area contributed by atoms with Crippen LogP contribution >= 0.6 is 0 Å². The van der Waals surface area contributed by atoms with Crippen molar-refractivity contribution in [3.63, 3.8) is 0 Å². The monoisotopic (exact) mass is 199 g/mol. The van der Waals surface area contributed by atoms with Gasteiger partial charge in [-0.1, -0.05) is 5.21 Å². The molecule has 0 unspecified atom stereocenters. The maximum atomic E-state index is 8.88. The average molecular weight is 199 g/mol. The molecule has 0 aliphatic heterocycles. The van der Waals surface area contributed by atoms with Gasteiger partial charge in [0.15, 0.2) is 0 Å². The van der Waals surface area contributed by atoms with Crippen LogP contribution in [-0.2, 0) is 6.54 Å². The number of nitrogens with zero attached hydrogens (tertiary/aromatic N) is 5. The summed E-state index contributed by atoms with van der Waals surface area (Å²) in [6.07, 6.45) is 5.04. The number of rotatable bonds is 2. The lowest BCUT2D eigenvalue weighted by molar-refractivity contribution is 0.646. The summed E-state index contributed by atoms with van der Waals surface area (Å²) >= 11 is 0. The van der Waals surface area contributed by atoms with Gasteiger partial charge in [-0.15, -0.1) is 5.10 Å². The second-order valence-electron chi connectivity index (χ2n) is 3.23. The average Bonchev–Trinajstić information content (AvgIpc) is 2.71. The molecule has 0 bridgehead atoms. The van der Waals surface area contributed by atoms with Crippen LogP contribution in [0.2, 0.25) is 0 Å². The van der Waals surface area contributed by atoms with E-state index in [0.717, 1.165) is 11.1 Å². The summed E-state index contributed by atoms with van der Waals surface area (Å²) in [7, 11) is 0. The Balaban J connectivity index is 2.35. The lowest BCUT2D eigenvalue weighted by Crippen LogP contribution is -2.04. The van der Waals surface area contributed by atoms with Crippen molar-refractivity contribution in [2.24, 2.45) is 0 Å². The van der Waals surface area contributed by atoms with E-state index >= 15 is 0 Å². The van der Waals surface area contributed by atoms with Gasteiger partial charge in [0, 0.05) is 18.0 Å². The van der Waals surface area contributed by atoms with Crippen LogP contribution in [-0.4, -0.2) is 20.0 Å². The highest BCUT2D eigenvalue weighted by Gasteiger charge is 2.04. The van der Waals surface area contributed by atoms with Crippen molar-refractivity contribution >= 4 is 0 Å². The molecule has 0 N–H and O–H groups in total. The summed E-state index contributed by atoms with van der Waals surface area (Å²) in [6, 6.07) is 4.00. The summed E-state index contributed by atoms with van der Waals surface area (Å²) in [5.74, 6) is 0. The summed E-state index contributed by atoms with van der Waals surface area (Å²) < 4.78 is 1.66. The lowest BCUT2D eigenvalue weighted by Gasteiger charge is -2.03. The fraction of sp³-hybridized carbons (Fsp3) is 0.200. The quantitative estimate of drug-likeness (QED) is 0.720. The molecule has 0 aromatic carbocycles. The van der Waals surface area contributed by atoms with Gasteiger partial charge >= 0.3 is 0 Å². The molecule has 0 fully saturated rings. The second-order valence-corrected chi connectivity index (χ2v) is 3.23. The SMILES string of the molecule is Cc1cnc(C#N)c(Cn2ccnn2)c1. The molecule has 0 radical (unpaired) electrons. The Morgan fingerprint density at radius 3 is 3.07 bits per heavy atom. The zero-order valence-electron chi connectivity index (χ0n) is 8.25. The summed E-state index contributed by atoms with van der Waals surface area (Å²) in [5, 5.41) is 16.4. The minimum absolute atomic E-state index is 0.441. The number of hydrogen-bond donors (Lipinski definition) is 0. The van der Waals surface area contributed by atoms with E-state index < -0.39 is 0 Å². The Kier molecular flexibility index (Phi) is 2.42. The van der Waals surface area contributed by atoms with Crippen molar-refractivity contribution in [3.8, 4) is 6.07 Å². The molecule has 74 valence electrons. The highest BCUT2D eigenvalue weighted by atomic mass is 15.4. The van der Waals surface area contributed by atoms with Crippen LogP contribution in [0.5, 0.6) is 0 Å². The number of hydrogen-bond acceptors (Lipinski definition) is 4. The van der Waals surface area contributed by atoms with Crippen molar-refractivity contribution in [1.82, 2.24) is 20.0 Å². The van der Waals surface area contributed by atoms with Crippen molar-refractivity contribution in [2.75, 3.05) is 0 Å². The predicted molar refractivity (Wildman–Crippen MR) is 52.8 cm³/mol. The summed E-state index contributed by atoms with van der Waals surface area (Å²) in [6.45, 7) is 2.47. The first-order chi connectivity index (χ1) is 7.29. The molecule has 2 aromatic rings. The molecule has 0 amide bonds. The molecule has 15 heavy (non-hydrogen) atoms. The topological polar surface area (TPSA) is 67.4 Å². The van der Waals surface area contributed by atoms with E-state index in [1.165, 1.54) is 0 Å². The highest BCUT2D eigenvalue weighted by molar-refractivity contribution is 5.33. The van der Waals surface area contributed by atoms with Crippen molar-refractivity contribution in [3.05, 3.63) is 41.5 Å². The molecule has 0 saturated heterocycles. The largest absolute Gasteiger partial charge is 0.248 e. The third-order valence-electron chi connectivity index (χ3n) is 2.01. The van der Waals surface area contributed by atoms with Gasteiger partial charge in [-0.05, 0) is 18.6 Å². The van der Waals surface area contributed by atoms with Gasteiger partial charge in [-0.3, -0.25) is 0 Å². The maximum absolute atomic E-state index is 8.88. The highest BCUT2D eigenvalue weighted by Crippen LogP contribution is 2.08. The van der Waals surface area contributed by atoms with Gasteiger partial charge in [0.05, 0.1) is 12.7 Å². The zero-order chi connectivity index (χ0) is 10.7.